The Hall–Kier alpha value is -1.79. The number of nitrogens with one attached hydrogen (secondary N) is 1. The summed E-state index contributed by atoms with van der Waals surface area (Å²) in [6.07, 6.45) is 2.29. The molecule has 104 valence electrons. The molecule has 1 aromatic heterocycles. The molecule has 1 atom stereocenters. The molecule has 1 unspecified atom stereocenters. The summed E-state index contributed by atoms with van der Waals surface area (Å²) in [5.41, 5.74) is 1.43. The van der Waals surface area contributed by atoms with E-state index in [4.69, 9.17) is 0 Å². The number of piperidine rings is 1. The van der Waals surface area contributed by atoms with Crippen LogP contribution in [0.1, 0.15) is 23.8 Å². The van der Waals surface area contributed by atoms with E-state index < -0.39 is 0 Å². The molecule has 0 radical (unpaired) electrons. The number of aromatic nitrogens is 1. The summed E-state index contributed by atoms with van der Waals surface area (Å²) in [7, 11) is 0. The molecule has 6 heteroatoms. The molecule has 0 bridgehead atoms. The normalized spacial score (nSPS) is 18.9. The predicted octanol–water partition coefficient (Wildman–Crippen LogP) is 3.19. The predicted molar refractivity (Wildman–Crippen MR) is 79.0 cm³/mol. The van der Waals surface area contributed by atoms with Crippen molar-refractivity contribution in [1.29, 1.82) is 0 Å². The van der Waals surface area contributed by atoms with Crippen molar-refractivity contribution in [3.05, 3.63) is 44.8 Å². The van der Waals surface area contributed by atoms with Gasteiger partial charge in [-0.2, -0.15) is 0 Å². The van der Waals surface area contributed by atoms with Crippen LogP contribution in [0.25, 0.3) is 11.3 Å². The Bertz CT molecular complexity index is 620. The monoisotopic (exact) mass is 289 g/mol. The summed E-state index contributed by atoms with van der Waals surface area (Å²) >= 11 is 1.60. The van der Waals surface area contributed by atoms with Crippen LogP contribution in [0, 0.1) is 10.1 Å². The lowest BCUT2D eigenvalue weighted by molar-refractivity contribution is -0.384. The number of hydrogen-bond donors (Lipinski definition) is 1. The largest absolute Gasteiger partial charge is 0.316 e. The fraction of sp³-hybridized carbons (Fsp3) is 0.357. The average Bonchev–Trinajstić information content (AvgIpc) is 2.98. The maximum absolute atomic E-state index is 11.1. The number of nitro benzene ring substituents is 1. The molecule has 2 aromatic rings. The molecule has 1 aromatic carbocycles. The second-order valence-electron chi connectivity index (χ2n) is 4.89. The molecule has 1 N–H and O–H groups in total. The summed E-state index contributed by atoms with van der Waals surface area (Å²) < 4.78 is 0. The van der Waals surface area contributed by atoms with E-state index in [1.807, 2.05) is 11.4 Å². The third kappa shape index (κ3) is 2.57. The second kappa shape index (κ2) is 5.68. The molecule has 3 rings (SSSR count). The summed E-state index contributed by atoms with van der Waals surface area (Å²) in [5, 5.41) is 17.4. The first kappa shape index (κ1) is 13.2. The van der Waals surface area contributed by atoms with Gasteiger partial charge in [0.1, 0.15) is 0 Å². The van der Waals surface area contributed by atoms with Gasteiger partial charge in [-0.3, -0.25) is 10.1 Å². The first-order valence-corrected chi connectivity index (χ1v) is 7.53. The van der Waals surface area contributed by atoms with Crippen molar-refractivity contribution in [3.8, 4) is 11.3 Å². The molecular formula is C14H15N3O2S. The minimum atomic E-state index is -0.351. The quantitative estimate of drug-likeness (QED) is 0.696. The van der Waals surface area contributed by atoms with Crippen LogP contribution in [0.2, 0.25) is 0 Å². The van der Waals surface area contributed by atoms with Crippen molar-refractivity contribution in [2.75, 3.05) is 13.1 Å². The Balaban J connectivity index is 1.92. The Morgan fingerprint density at radius 3 is 3.00 bits per heavy atom. The van der Waals surface area contributed by atoms with Gasteiger partial charge in [0.2, 0.25) is 0 Å². The van der Waals surface area contributed by atoms with Gasteiger partial charge in [0.05, 0.1) is 21.2 Å². The lowest BCUT2D eigenvalue weighted by atomic mass is 10.0. The number of hydrogen-bond acceptors (Lipinski definition) is 5. The van der Waals surface area contributed by atoms with Crippen LogP contribution in [-0.2, 0) is 0 Å². The number of nitro groups is 1. The number of thiazole rings is 1. The van der Waals surface area contributed by atoms with Crippen molar-refractivity contribution in [3.63, 3.8) is 0 Å². The average molecular weight is 289 g/mol. The van der Waals surface area contributed by atoms with Crippen LogP contribution >= 0.6 is 11.3 Å². The third-order valence-corrected chi connectivity index (χ3v) is 4.55. The van der Waals surface area contributed by atoms with Crippen molar-refractivity contribution in [2.24, 2.45) is 0 Å². The maximum atomic E-state index is 11.1. The molecule has 0 amide bonds. The lowest BCUT2D eigenvalue weighted by Gasteiger charge is -2.20. The van der Waals surface area contributed by atoms with Gasteiger partial charge in [-0.05, 0) is 25.5 Å². The van der Waals surface area contributed by atoms with Gasteiger partial charge in [0.25, 0.3) is 5.69 Å². The number of nitrogens with zero attached hydrogens (tertiary/aromatic N) is 2. The van der Waals surface area contributed by atoms with Gasteiger partial charge in [-0.1, -0.05) is 12.1 Å². The summed E-state index contributed by atoms with van der Waals surface area (Å²) in [6.45, 7) is 2.02. The van der Waals surface area contributed by atoms with E-state index in [1.54, 1.807) is 23.5 Å². The molecule has 20 heavy (non-hydrogen) atoms. The van der Waals surface area contributed by atoms with Gasteiger partial charge >= 0.3 is 0 Å². The molecule has 1 aliphatic rings. The summed E-state index contributed by atoms with van der Waals surface area (Å²) in [5.74, 6) is 0.435. The van der Waals surface area contributed by atoms with E-state index in [9.17, 15) is 10.1 Å². The summed E-state index contributed by atoms with van der Waals surface area (Å²) in [4.78, 5) is 15.3. The van der Waals surface area contributed by atoms with Gasteiger partial charge in [0.15, 0.2) is 0 Å². The van der Waals surface area contributed by atoms with Crippen LogP contribution in [0.4, 0.5) is 5.69 Å². The second-order valence-corrected chi connectivity index (χ2v) is 5.78. The molecule has 0 aliphatic carbocycles. The minimum absolute atomic E-state index is 0.117. The molecular weight excluding hydrogens is 274 g/mol. The van der Waals surface area contributed by atoms with Gasteiger partial charge in [0, 0.05) is 23.9 Å². The zero-order chi connectivity index (χ0) is 13.9. The molecule has 1 fully saturated rings. The Labute approximate surface area is 120 Å². The molecule has 1 saturated heterocycles. The highest BCUT2D eigenvalue weighted by Crippen LogP contribution is 2.33. The van der Waals surface area contributed by atoms with Crippen LogP contribution in [0.5, 0.6) is 0 Å². The number of para-hydroxylation sites is 1. The van der Waals surface area contributed by atoms with Gasteiger partial charge < -0.3 is 5.32 Å². The zero-order valence-corrected chi connectivity index (χ0v) is 11.7. The minimum Gasteiger partial charge on any atom is -0.316 e. The zero-order valence-electron chi connectivity index (χ0n) is 10.9. The van der Waals surface area contributed by atoms with Crippen molar-refractivity contribution in [2.45, 2.75) is 18.8 Å². The standard InChI is InChI=1S/C14H15N3O2S/c18-17(19)13-6-2-1-5-11(13)12-9-20-14(16-12)10-4-3-7-15-8-10/h1-2,5-6,9-10,15H,3-4,7-8H2. The number of benzene rings is 1. The molecule has 1 aliphatic heterocycles. The third-order valence-electron chi connectivity index (χ3n) is 3.54. The van der Waals surface area contributed by atoms with E-state index >= 15 is 0 Å². The molecule has 0 spiro atoms. The van der Waals surface area contributed by atoms with Crippen LogP contribution < -0.4 is 5.32 Å². The van der Waals surface area contributed by atoms with Gasteiger partial charge in [-0.25, -0.2) is 4.98 Å². The fourth-order valence-electron chi connectivity index (χ4n) is 2.51. The molecule has 2 heterocycles. The summed E-state index contributed by atoms with van der Waals surface area (Å²) in [6, 6.07) is 6.77. The molecule has 5 nitrogen and oxygen atoms in total. The maximum Gasteiger partial charge on any atom is 0.278 e. The first-order valence-electron chi connectivity index (χ1n) is 6.65. The smallest absolute Gasteiger partial charge is 0.278 e. The molecule has 0 saturated carbocycles. The lowest BCUT2D eigenvalue weighted by Crippen LogP contribution is -2.28. The van der Waals surface area contributed by atoms with E-state index in [-0.39, 0.29) is 10.6 Å². The van der Waals surface area contributed by atoms with Crippen LogP contribution in [-0.4, -0.2) is 23.0 Å². The first-order chi connectivity index (χ1) is 9.75. The van der Waals surface area contributed by atoms with Gasteiger partial charge in [-0.15, -0.1) is 11.3 Å². The van der Waals surface area contributed by atoms with Crippen molar-refractivity contribution < 1.29 is 4.92 Å². The highest BCUT2D eigenvalue weighted by molar-refractivity contribution is 7.10. The van der Waals surface area contributed by atoms with Crippen LogP contribution in [0.15, 0.2) is 29.6 Å². The Morgan fingerprint density at radius 2 is 2.25 bits per heavy atom. The SMILES string of the molecule is O=[N+]([O-])c1ccccc1-c1csc(C2CCCNC2)n1. The fourth-order valence-corrected chi connectivity index (χ4v) is 3.47. The highest BCUT2D eigenvalue weighted by atomic mass is 32.1. The Morgan fingerprint density at radius 1 is 1.40 bits per heavy atom. The van der Waals surface area contributed by atoms with E-state index in [1.165, 1.54) is 6.07 Å². The van der Waals surface area contributed by atoms with Crippen molar-refractivity contribution >= 4 is 17.0 Å². The van der Waals surface area contributed by atoms with E-state index in [0.29, 0.717) is 17.2 Å². The topological polar surface area (TPSA) is 68.1 Å². The van der Waals surface area contributed by atoms with Crippen molar-refractivity contribution in [1.82, 2.24) is 10.3 Å². The number of rotatable bonds is 3. The van der Waals surface area contributed by atoms with Crippen LogP contribution in [0.3, 0.4) is 0 Å². The van der Waals surface area contributed by atoms with E-state index in [0.717, 1.165) is 30.9 Å². The Kier molecular flexibility index (Phi) is 3.75. The van der Waals surface area contributed by atoms with E-state index in [2.05, 4.69) is 10.3 Å². The highest BCUT2D eigenvalue weighted by Gasteiger charge is 2.21.